The largest absolute Gasteiger partial charge is 0.497 e. The van der Waals surface area contributed by atoms with Gasteiger partial charge in [0.1, 0.15) is 23.0 Å². The molecule has 0 saturated carbocycles. The average molecular weight is 669 g/mol. The number of ketones is 1. The number of carbonyl (C=O) groups excluding carboxylic acids is 1. The molecule has 51 heavy (non-hydrogen) atoms. The highest BCUT2D eigenvalue weighted by atomic mass is 16.5. The molecule has 7 aromatic carbocycles. The van der Waals surface area contributed by atoms with Crippen LogP contribution in [0.3, 0.4) is 0 Å². The third kappa shape index (κ3) is 7.46. The van der Waals surface area contributed by atoms with Crippen molar-refractivity contribution in [2.75, 3.05) is 24.0 Å². The number of anilines is 6. The maximum absolute atomic E-state index is 13.0. The summed E-state index contributed by atoms with van der Waals surface area (Å²) < 4.78 is 16.8. The van der Waals surface area contributed by atoms with Crippen LogP contribution in [0, 0.1) is 0 Å². The smallest absolute Gasteiger partial charge is 0.193 e. The summed E-state index contributed by atoms with van der Waals surface area (Å²) in [5.41, 5.74) is 7.34. The second-order valence-electron chi connectivity index (χ2n) is 11.7. The average Bonchev–Trinajstić information content (AvgIpc) is 3.20. The van der Waals surface area contributed by atoms with Crippen molar-refractivity contribution < 1.29 is 19.0 Å². The maximum Gasteiger partial charge on any atom is 0.193 e. The predicted octanol–water partition coefficient (Wildman–Crippen LogP) is 11.7. The molecule has 0 aromatic heterocycles. The molecule has 0 bridgehead atoms. The third-order valence-electron chi connectivity index (χ3n) is 8.52. The predicted molar refractivity (Wildman–Crippen MR) is 205 cm³/mol. The van der Waals surface area contributed by atoms with E-state index in [1.54, 1.807) is 50.6 Å². The van der Waals surface area contributed by atoms with E-state index < -0.39 is 0 Å². The van der Waals surface area contributed by atoms with Crippen LogP contribution in [0.1, 0.15) is 15.9 Å². The molecule has 0 unspecified atom stereocenters. The number of ether oxygens (including phenoxy) is 3. The van der Waals surface area contributed by atoms with E-state index in [4.69, 9.17) is 14.2 Å². The Kier molecular flexibility index (Phi) is 9.75. The van der Waals surface area contributed by atoms with Gasteiger partial charge in [0.15, 0.2) is 5.78 Å². The minimum absolute atomic E-state index is 0.0592. The van der Waals surface area contributed by atoms with Crippen molar-refractivity contribution in [3.63, 3.8) is 0 Å². The van der Waals surface area contributed by atoms with Gasteiger partial charge in [-0.05, 0) is 146 Å². The van der Waals surface area contributed by atoms with E-state index in [2.05, 4.69) is 70.5 Å². The second kappa shape index (κ2) is 15.2. The molecule has 0 aliphatic heterocycles. The minimum Gasteiger partial charge on any atom is -0.497 e. The Morgan fingerprint density at radius 1 is 0.353 bits per heavy atom. The number of hydrogen-bond acceptors (Lipinski definition) is 6. The van der Waals surface area contributed by atoms with Crippen LogP contribution < -0.4 is 24.0 Å². The Balaban J connectivity index is 1.12. The first kappa shape index (κ1) is 32.7. The summed E-state index contributed by atoms with van der Waals surface area (Å²) in [5.74, 6) is 2.80. The summed E-state index contributed by atoms with van der Waals surface area (Å²) in [5, 5.41) is 0. The van der Waals surface area contributed by atoms with Crippen LogP contribution in [-0.2, 0) is 0 Å². The summed E-state index contributed by atoms with van der Waals surface area (Å²) >= 11 is 0. The zero-order valence-electron chi connectivity index (χ0n) is 28.3. The van der Waals surface area contributed by atoms with Gasteiger partial charge in [0.25, 0.3) is 0 Å². The van der Waals surface area contributed by atoms with Crippen LogP contribution in [0.2, 0.25) is 0 Å². The molecule has 0 atom stereocenters. The Morgan fingerprint density at radius 3 is 0.980 bits per heavy atom. The Hall–Kier alpha value is -6.79. The lowest BCUT2D eigenvalue weighted by molar-refractivity contribution is 0.103. The topological polar surface area (TPSA) is 51.2 Å². The fraction of sp³-hybridized carbons (Fsp3) is 0.0444. The van der Waals surface area contributed by atoms with Gasteiger partial charge in [-0.1, -0.05) is 36.4 Å². The van der Waals surface area contributed by atoms with Crippen molar-refractivity contribution in [2.45, 2.75) is 0 Å². The zero-order chi connectivity index (χ0) is 35.0. The first-order valence-electron chi connectivity index (χ1n) is 16.6. The lowest BCUT2D eigenvalue weighted by atomic mass is 10.0. The normalized spacial score (nSPS) is 10.6. The number of hydrogen-bond donors (Lipinski definition) is 0. The van der Waals surface area contributed by atoms with Gasteiger partial charge in [0.2, 0.25) is 0 Å². The van der Waals surface area contributed by atoms with E-state index in [1.165, 1.54) is 0 Å². The van der Waals surface area contributed by atoms with Crippen molar-refractivity contribution in [1.29, 1.82) is 0 Å². The van der Waals surface area contributed by atoms with E-state index in [0.29, 0.717) is 28.4 Å². The van der Waals surface area contributed by atoms with Crippen LogP contribution in [0.15, 0.2) is 182 Å². The van der Waals surface area contributed by atoms with Crippen LogP contribution >= 0.6 is 0 Å². The highest BCUT2D eigenvalue weighted by Crippen LogP contribution is 2.40. The van der Waals surface area contributed by atoms with Crippen LogP contribution in [0.25, 0.3) is 0 Å². The van der Waals surface area contributed by atoms with Gasteiger partial charge in [-0.3, -0.25) is 4.79 Å². The van der Waals surface area contributed by atoms with Crippen LogP contribution in [0.4, 0.5) is 34.1 Å². The van der Waals surface area contributed by atoms with Crippen LogP contribution in [0.5, 0.6) is 23.0 Å². The number of methoxy groups -OCH3 is 2. The molecule has 6 heteroatoms. The molecular weight excluding hydrogens is 633 g/mol. The zero-order valence-corrected chi connectivity index (χ0v) is 28.3. The van der Waals surface area contributed by atoms with Gasteiger partial charge in [-0.15, -0.1) is 0 Å². The highest BCUT2D eigenvalue weighted by molar-refractivity contribution is 6.09. The van der Waals surface area contributed by atoms with Crippen molar-refractivity contribution >= 4 is 39.9 Å². The molecule has 0 saturated heterocycles. The molecular formula is C45H36N2O4. The lowest BCUT2D eigenvalue weighted by Gasteiger charge is -2.28. The third-order valence-corrected chi connectivity index (χ3v) is 8.52. The van der Waals surface area contributed by atoms with E-state index in [0.717, 1.165) is 39.9 Å². The molecule has 0 fully saturated rings. The van der Waals surface area contributed by atoms with Crippen molar-refractivity contribution in [1.82, 2.24) is 0 Å². The minimum atomic E-state index is -0.0592. The van der Waals surface area contributed by atoms with Crippen molar-refractivity contribution in [3.05, 3.63) is 193 Å². The Labute approximate surface area is 298 Å². The molecule has 7 rings (SSSR count). The summed E-state index contributed by atoms with van der Waals surface area (Å²) in [6, 6.07) is 59.6. The first-order chi connectivity index (χ1) is 25.1. The highest BCUT2D eigenvalue weighted by Gasteiger charge is 2.16. The Morgan fingerprint density at radius 2 is 0.627 bits per heavy atom. The maximum atomic E-state index is 13.0. The van der Waals surface area contributed by atoms with E-state index in [1.807, 2.05) is 84.9 Å². The second-order valence-corrected chi connectivity index (χ2v) is 11.7. The Bertz CT molecular complexity index is 2170. The van der Waals surface area contributed by atoms with Gasteiger partial charge in [0.05, 0.1) is 14.2 Å². The molecule has 0 spiro atoms. The molecule has 7 aromatic rings. The monoisotopic (exact) mass is 668 g/mol. The number of para-hydroxylation sites is 2. The molecule has 0 radical (unpaired) electrons. The number of nitrogens with zero attached hydrogens (tertiary/aromatic N) is 2. The molecule has 0 N–H and O–H groups in total. The summed E-state index contributed by atoms with van der Waals surface area (Å²) in [6.07, 6.45) is 0. The van der Waals surface area contributed by atoms with Crippen molar-refractivity contribution in [3.8, 4) is 23.0 Å². The van der Waals surface area contributed by atoms with E-state index in [-0.39, 0.29) is 5.78 Å². The van der Waals surface area contributed by atoms with Crippen molar-refractivity contribution in [2.24, 2.45) is 0 Å². The number of carbonyl (C=O) groups is 1. The van der Waals surface area contributed by atoms with Crippen LogP contribution in [-0.4, -0.2) is 20.0 Å². The van der Waals surface area contributed by atoms with Gasteiger partial charge < -0.3 is 24.0 Å². The van der Waals surface area contributed by atoms with Gasteiger partial charge in [0, 0.05) is 45.3 Å². The van der Waals surface area contributed by atoms with Gasteiger partial charge in [-0.25, -0.2) is 0 Å². The fourth-order valence-corrected chi connectivity index (χ4v) is 5.91. The summed E-state index contributed by atoms with van der Waals surface area (Å²) in [6.45, 7) is 0. The molecule has 250 valence electrons. The SMILES string of the molecule is COc1ccc(C(=O)c2ccc(Oc3ccc(N(c4ccccc4)c4ccc(N(c5ccccc5)c5ccc(OC)cc5)cc4)cc3)cc2)cc1. The van der Waals surface area contributed by atoms with Gasteiger partial charge in [-0.2, -0.15) is 0 Å². The quantitative estimate of drug-likeness (QED) is 0.121. The molecule has 0 amide bonds. The number of rotatable bonds is 12. The van der Waals surface area contributed by atoms with E-state index >= 15 is 0 Å². The molecule has 6 nitrogen and oxygen atoms in total. The fourth-order valence-electron chi connectivity index (χ4n) is 5.91. The first-order valence-corrected chi connectivity index (χ1v) is 16.6. The molecule has 0 heterocycles. The lowest BCUT2D eigenvalue weighted by Crippen LogP contribution is -2.12. The van der Waals surface area contributed by atoms with Gasteiger partial charge >= 0.3 is 0 Å². The molecule has 0 aliphatic carbocycles. The molecule has 0 aliphatic rings. The summed E-state index contributed by atoms with van der Waals surface area (Å²) in [7, 11) is 3.28. The number of benzene rings is 7. The summed E-state index contributed by atoms with van der Waals surface area (Å²) in [4.78, 5) is 17.4. The van der Waals surface area contributed by atoms with E-state index in [9.17, 15) is 4.79 Å². The standard InChI is InChI=1S/C45H36N2O4/c1-49-41-25-13-33(14-26-41)45(48)34-15-27-43(28-16-34)51-44-31-23-40(24-32-44)47(36-11-7-4-8-12-36)38-19-17-37(18-20-38)46(35-9-5-3-6-10-35)39-21-29-42(50-2)30-22-39/h3-32H,1-2H3.